The first-order valence-corrected chi connectivity index (χ1v) is 7.39. The molecule has 0 bridgehead atoms. The number of anilines is 2. The molecule has 1 aromatic rings. The number of hydrogen-bond donors (Lipinski definition) is 0. The average molecular weight is 259 g/mol. The number of aromatic nitrogens is 2. The molecule has 102 valence electrons. The highest BCUT2D eigenvalue weighted by molar-refractivity contribution is 5.55. The Morgan fingerprint density at radius 2 is 1.63 bits per heavy atom. The van der Waals surface area contributed by atoms with E-state index in [4.69, 9.17) is 9.97 Å². The van der Waals surface area contributed by atoms with Gasteiger partial charge in [-0.1, -0.05) is 0 Å². The maximum atomic E-state index is 4.88. The maximum Gasteiger partial charge on any atom is 0.227 e. The summed E-state index contributed by atoms with van der Waals surface area (Å²) in [6.07, 6.45) is 3.68. The zero-order valence-corrected chi connectivity index (χ0v) is 11.6. The van der Waals surface area contributed by atoms with Gasteiger partial charge in [0.2, 0.25) is 5.95 Å². The van der Waals surface area contributed by atoms with Crippen LogP contribution in [-0.2, 0) is 13.0 Å². The van der Waals surface area contributed by atoms with Crippen molar-refractivity contribution in [3.8, 4) is 0 Å². The zero-order valence-electron chi connectivity index (χ0n) is 11.6. The van der Waals surface area contributed by atoms with E-state index in [0.29, 0.717) is 0 Å². The topological polar surface area (TPSA) is 35.5 Å². The molecule has 0 amide bonds. The Bertz CT molecular complexity index is 493. The minimum atomic E-state index is 0.960. The molecule has 0 atom stereocenters. The number of fused-ring (bicyclic) bond motifs is 1. The van der Waals surface area contributed by atoms with E-state index in [1.54, 1.807) is 0 Å². The third kappa shape index (κ3) is 1.87. The van der Waals surface area contributed by atoms with Gasteiger partial charge < -0.3 is 14.7 Å². The van der Waals surface area contributed by atoms with E-state index < -0.39 is 0 Å². The van der Waals surface area contributed by atoms with Crippen LogP contribution in [0.2, 0.25) is 0 Å². The Balaban J connectivity index is 1.76. The molecule has 4 rings (SSSR count). The highest BCUT2D eigenvalue weighted by atomic mass is 15.3. The van der Waals surface area contributed by atoms with Crippen molar-refractivity contribution in [2.45, 2.75) is 25.8 Å². The normalized spacial score (nSPS) is 22.8. The predicted octanol–water partition coefficient (Wildman–Crippen LogP) is 0.885. The van der Waals surface area contributed by atoms with E-state index >= 15 is 0 Å². The van der Waals surface area contributed by atoms with E-state index in [1.807, 2.05) is 0 Å². The van der Waals surface area contributed by atoms with Crippen LogP contribution in [0.5, 0.6) is 0 Å². The fraction of sp³-hybridized carbons (Fsp3) is 0.714. The van der Waals surface area contributed by atoms with Crippen molar-refractivity contribution >= 4 is 11.8 Å². The summed E-state index contributed by atoms with van der Waals surface area (Å²) in [7, 11) is 2.18. The quantitative estimate of drug-likeness (QED) is 0.788. The molecule has 5 heteroatoms. The summed E-state index contributed by atoms with van der Waals surface area (Å²) in [5.74, 6) is 2.19. The van der Waals surface area contributed by atoms with Gasteiger partial charge in [-0.2, -0.15) is 4.98 Å². The SMILES string of the molecule is CN1CCc2c(nc(N3CCC3)nc2N2CCC2)C1. The van der Waals surface area contributed by atoms with Gasteiger partial charge in [0.15, 0.2) is 0 Å². The molecule has 0 spiro atoms. The lowest BCUT2D eigenvalue weighted by molar-refractivity contribution is 0.306. The minimum absolute atomic E-state index is 0.960. The summed E-state index contributed by atoms with van der Waals surface area (Å²) in [5.41, 5.74) is 2.66. The number of hydrogen-bond acceptors (Lipinski definition) is 5. The van der Waals surface area contributed by atoms with Crippen molar-refractivity contribution in [3.05, 3.63) is 11.3 Å². The molecule has 0 unspecified atom stereocenters. The average Bonchev–Trinajstić information content (AvgIpc) is 2.23. The lowest BCUT2D eigenvalue weighted by Gasteiger charge is -2.38. The van der Waals surface area contributed by atoms with Crippen LogP contribution in [0.4, 0.5) is 11.8 Å². The molecular weight excluding hydrogens is 238 g/mol. The van der Waals surface area contributed by atoms with Crippen molar-refractivity contribution in [1.29, 1.82) is 0 Å². The molecule has 0 saturated carbocycles. The molecule has 1 aromatic heterocycles. The zero-order chi connectivity index (χ0) is 12.8. The van der Waals surface area contributed by atoms with Gasteiger partial charge in [0.05, 0.1) is 5.69 Å². The second-order valence-corrected chi connectivity index (χ2v) is 5.94. The van der Waals surface area contributed by atoms with Gasteiger partial charge in [-0.3, -0.25) is 0 Å². The molecule has 0 aliphatic carbocycles. The van der Waals surface area contributed by atoms with Crippen LogP contribution in [-0.4, -0.2) is 54.6 Å². The van der Waals surface area contributed by atoms with Gasteiger partial charge in [0.1, 0.15) is 5.82 Å². The molecule has 0 N–H and O–H groups in total. The molecular formula is C14H21N5. The highest BCUT2D eigenvalue weighted by Gasteiger charge is 2.28. The van der Waals surface area contributed by atoms with E-state index in [0.717, 1.165) is 38.5 Å². The van der Waals surface area contributed by atoms with Crippen molar-refractivity contribution in [3.63, 3.8) is 0 Å². The third-order valence-electron chi connectivity index (χ3n) is 4.52. The Kier molecular flexibility index (Phi) is 2.62. The smallest absolute Gasteiger partial charge is 0.227 e. The van der Waals surface area contributed by atoms with E-state index in [2.05, 4.69) is 21.7 Å². The summed E-state index contributed by atoms with van der Waals surface area (Å²) >= 11 is 0. The van der Waals surface area contributed by atoms with Crippen LogP contribution in [0.25, 0.3) is 0 Å². The van der Waals surface area contributed by atoms with Crippen molar-refractivity contribution < 1.29 is 0 Å². The maximum absolute atomic E-state index is 4.88. The molecule has 0 aromatic carbocycles. The van der Waals surface area contributed by atoms with Crippen molar-refractivity contribution in [1.82, 2.24) is 14.9 Å². The molecule has 3 aliphatic rings. The largest absolute Gasteiger partial charge is 0.356 e. The Hall–Kier alpha value is -1.36. The van der Waals surface area contributed by atoms with Gasteiger partial charge in [-0.05, 0) is 26.3 Å². The standard InChI is InChI=1S/C14H21N5/c1-17-9-4-11-12(10-17)15-14(19-7-3-8-19)16-13(11)18-5-2-6-18/h2-10H2,1H3. The summed E-state index contributed by atoms with van der Waals surface area (Å²) < 4.78 is 0. The van der Waals surface area contributed by atoms with Gasteiger partial charge >= 0.3 is 0 Å². The van der Waals surface area contributed by atoms with Crippen LogP contribution in [0.15, 0.2) is 0 Å². The first-order chi connectivity index (χ1) is 9.31. The van der Waals surface area contributed by atoms with Crippen LogP contribution >= 0.6 is 0 Å². The van der Waals surface area contributed by atoms with Gasteiger partial charge in [0, 0.05) is 44.8 Å². The number of nitrogens with zero attached hydrogens (tertiary/aromatic N) is 5. The summed E-state index contributed by atoms with van der Waals surface area (Å²) in [6.45, 7) is 6.67. The Morgan fingerprint density at radius 3 is 2.26 bits per heavy atom. The number of likely N-dealkylation sites (N-methyl/N-ethyl adjacent to an activating group) is 1. The van der Waals surface area contributed by atoms with Crippen LogP contribution < -0.4 is 9.80 Å². The van der Waals surface area contributed by atoms with Gasteiger partial charge in [-0.15, -0.1) is 0 Å². The minimum Gasteiger partial charge on any atom is -0.356 e. The van der Waals surface area contributed by atoms with E-state index in [-0.39, 0.29) is 0 Å². The first-order valence-electron chi connectivity index (χ1n) is 7.39. The molecule has 5 nitrogen and oxygen atoms in total. The fourth-order valence-electron chi connectivity index (χ4n) is 2.98. The van der Waals surface area contributed by atoms with E-state index in [1.165, 1.54) is 43.0 Å². The number of rotatable bonds is 2. The second-order valence-electron chi connectivity index (χ2n) is 5.94. The van der Waals surface area contributed by atoms with Crippen molar-refractivity contribution in [2.24, 2.45) is 0 Å². The summed E-state index contributed by atoms with van der Waals surface area (Å²) in [6, 6.07) is 0. The molecule has 0 radical (unpaired) electrons. The molecule has 4 heterocycles. The Labute approximate surface area is 114 Å². The molecule has 19 heavy (non-hydrogen) atoms. The molecule has 2 saturated heterocycles. The summed E-state index contributed by atoms with van der Waals surface area (Å²) in [5, 5.41) is 0. The Morgan fingerprint density at radius 1 is 0.895 bits per heavy atom. The van der Waals surface area contributed by atoms with Gasteiger partial charge in [0.25, 0.3) is 0 Å². The van der Waals surface area contributed by atoms with Crippen molar-refractivity contribution in [2.75, 3.05) is 49.6 Å². The molecule has 3 aliphatic heterocycles. The fourth-order valence-corrected chi connectivity index (χ4v) is 2.98. The van der Waals surface area contributed by atoms with E-state index in [9.17, 15) is 0 Å². The highest BCUT2D eigenvalue weighted by Crippen LogP contribution is 2.31. The van der Waals surface area contributed by atoms with Crippen LogP contribution in [0.1, 0.15) is 24.1 Å². The third-order valence-corrected chi connectivity index (χ3v) is 4.52. The monoisotopic (exact) mass is 259 g/mol. The second kappa shape index (κ2) is 4.34. The summed E-state index contributed by atoms with van der Waals surface area (Å²) in [4.78, 5) is 16.8. The lowest BCUT2D eigenvalue weighted by Crippen LogP contribution is -2.42. The molecule has 2 fully saturated rings. The predicted molar refractivity (Wildman–Crippen MR) is 75.7 cm³/mol. The van der Waals surface area contributed by atoms with Crippen LogP contribution in [0, 0.1) is 0 Å². The lowest BCUT2D eigenvalue weighted by atomic mass is 10.0. The first kappa shape index (κ1) is 11.5. The van der Waals surface area contributed by atoms with Gasteiger partial charge in [-0.25, -0.2) is 4.98 Å². The van der Waals surface area contributed by atoms with Crippen LogP contribution in [0.3, 0.4) is 0 Å².